The van der Waals surface area contributed by atoms with Crippen molar-refractivity contribution < 1.29 is 14.3 Å². The second kappa shape index (κ2) is 9.18. The Hall–Kier alpha value is -4.39. The van der Waals surface area contributed by atoms with Crippen molar-refractivity contribution in [3.63, 3.8) is 0 Å². The molecule has 4 aromatic rings. The van der Waals surface area contributed by atoms with E-state index >= 15 is 0 Å². The Morgan fingerprint density at radius 3 is 2.53 bits per heavy atom. The minimum atomic E-state index is -0.382. The number of benzene rings is 3. The second-order valence-corrected chi connectivity index (χ2v) is 7.12. The smallest absolute Gasteiger partial charge is 0.271 e. The van der Waals surface area contributed by atoms with Gasteiger partial charge in [0.05, 0.1) is 24.5 Å². The van der Waals surface area contributed by atoms with Gasteiger partial charge in [0.1, 0.15) is 5.75 Å². The van der Waals surface area contributed by atoms with Crippen LogP contribution >= 0.6 is 0 Å². The number of nitrogens with zero attached hydrogens (tertiary/aromatic N) is 1. The maximum atomic E-state index is 12.6. The van der Waals surface area contributed by atoms with E-state index < -0.39 is 0 Å². The summed E-state index contributed by atoms with van der Waals surface area (Å²) < 4.78 is 5.50. The molecule has 3 aromatic carbocycles. The van der Waals surface area contributed by atoms with Crippen LogP contribution in [0.1, 0.15) is 22.8 Å². The van der Waals surface area contributed by atoms with Crippen LogP contribution < -0.4 is 15.5 Å². The summed E-state index contributed by atoms with van der Waals surface area (Å²) in [6.07, 6.45) is 1.62. The van der Waals surface area contributed by atoms with Crippen molar-refractivity contribution >= 4 is 34.6 Å². The third-order valence-electron chi connectivity index (χ3n) is 4.92. The van der Waals surface area contributed by atoms with E-state index in [1.807, 2.05) is 48.5 Å². The molecule has 0 saturated carbocycles. The number of carbonyl (C=O) groups is 2. The molecule has 0 atom stereocenters. The van der Waals surface area contributed by atoms with Crippen LogP contribution in [-0.2, 0) is 4.79 Å². The van der Waals surface area contributed by atoms with E-state index in [0.29, 0.717) is 11.3 Å². The Balaban J connectivity index is 1.65. The highest BCUT2D eigenvalue weighted by molar-refractivity contribution is 6.08. The topological polar surface area (TPSA) is 95.6 Å². The van der Waals surface area contributed by atoms with Gasteiger partial charge in [-0.15, -0.1) is 0 Å². The van der Waals surface area contributed by atoms with Crippen LogP contribution in [0.25, 0.3) is 22.2 Å². The minimum Gasteiger partial charge on any atom is -0.495 e. The summed E-state index contributed by atoms with van der Waals surface area (Å²) in [6.45, 7) is 1.41. The van der Waals surface area contributed by atoms with Gasteiger partial charge in [-0.25, -0.2) is 5.43 Å². The van der Waals surface area contributed by atoms with Gasteiger partial charge >= 0.3 is 0 Å². The van der Waals surface area contributed by atoms with Crippen molar-refractivity contribution in [3.8, 4) is 17.0 Å². The largest absolute Gasteiger partial charge is 0.495 e. The molecule has 0 spiro atoms. The van der Waals surface area contributed by atoms with Gasteiger partial charge in [0, 0.05) is 29.1 Å². The molecule has 0 unspecified atom stereocenters. The van der Waals surface area contributed by atoms with E-state index in [0.717, 1.165) is 33.5 Å². The van der Waals surface area contributed by atoms with Crippen molar-refractivity contribution in [2.24, 2.45) is 5.10 Å². The van der Waals surface area contributed by atoms with E-state index in [1.165, 1.54) is 6.92 Å². The van der Waals surface area contributed by atoms with E-state index in [-0.39, 0.29) is 11.8 Å². The standard InChI is InChI=1S/C25H22N4O3/c1-16(30)27-19-11-6-10-18(14-19)25(31)29-26-15-21-20-12-7-13-22(32-2)24(20)28-23(21)17-8-4-3-5-9-17/h3-15,28H,1-2H3,(H,27,30)(H,29,31)/b26-15-. The van der Waals surface area contributed by atoms with E-state index in [2.05, 4.69) is 20.8 Å². The SMILES string of the molecule is COc1cccc2c(/C=N\NC(=O)c3cccc(NC(C)=O)c3)c(-c3ccccc3)[nH]c12. The average Bonchev–Trinajstić information content (AvgIpc) is 3.18. The van der Waals surface area contributed by atoms with Crippen LogP contribution in [0.5, 0.6) is 5.75 Å². The van der Waals surface area contributed by atoms with Crippen LogP contribution in [0.4, 0.5) is 5.69 Å². The van der Waals surface area contributed by atoms with Gasteiger partial charge in [-0.05, 0) is 29.8 Å². The Kier molecular flexibility index (Phi) is 5.98. The number of rotatable bonds is 6. The molecule has 0 bridgehead atoms. The number of H-pyrrole nitrogens is 1. The van der Waals surface area contributed by atoms with Gasteiger partial charge in [0.15, 0.2) is 0 Å². The number of hydrogen-bond acceptors (Lipinski definition) is 4. The first kappa shape index (κ1) is 20.9. The first-order valence-electron chi connectivity index (χ1n) is 10.0. The molecule has 1 aromatic heterocycles. The lowest BCUT2D eigenvalue weighted by Crippen LogP contribution is -2.18. The zero-order valence-electron chi connectivity index (χ0n) is 17.7. The molecule has 0 fully saturated rings. The van der Waals surface area contributed by atoms with Gasteiger partial charge in [-0.2, -0.15) is 5.10 Å². The van der Waals surface area contributed by atoms with E-state index in [1.54, 1.807) is 37.6 Å². The highest BCUT2D eigenvalue weighted by Crippen LogP contribution is 2.33. The lowest BCUT2D eigenvalue weighted by Gasteiger charge is -2.05. The minimum absolute atomic E-state index is 0.205. The number of carbonyl (C=O) groups excluding carboxylic acids is 2. The summed E-state index contributed by atoms with van der Waals surface area (Å²) >= 11 is 0. The van der Waals surface area contributed by atoms with Crippen molar-refractivity contribution in [2.45, 2.75) is 6.92 Å². The molecule has 4 rings (SSSR count). The maximum Gasteiger partial charge on any atom is 0.271 e. The monoisotopic (exact) mass is 426 g/mol. The summed E-state index contributed by atoms with van der Waals surface area (Å²) in [5.41, 5.74) is 7.04. The molecule has 0 aliphatic heterocycles. The van der Waals surface area contributed by atoms with Crippen LogP contribution in [0.2, 0.25) is 0 Å². The third-order valence-corrected chi connectivity index (χ3v) is 4.92. The number of nitrogens with one attached hydrogen (secondary N) is 3. The number of methoxy groups -OCH3 is 1. The van der Waals surface area contributed by atoms with Crippen LogP contribution in [-0.4, -0.2) is 30.1 Å². The van der Waals surface area contributed by atoms with E-state index in [9.17, 15) is 9.59 Å². The Morgan fingerprint density at radius 2 is 1.78 bits per heavy atom. The normalized spacial score (nSPS) is 10.9. The quantitative estimate of drug-likeness (QED) is 0.311. The van der Waals surface area contributed by atoms with Crippen LogP contribution in [0.3, 0.4) is 0 Å². The van der Waals surface area contributed by atoms with Crippen LogP contribution in [0.15, 0.2) is 77.9 Å². The molecule has 0 aliphatic carbocycles. The number of hydrazone groups is 1. The summed E-state index contributed by atoms with van der Waals surface area (Å²) in [4.78, 5) is 27.2. The summed E-state index contributed by atoms with van der Waals surface area (Å²) in [6, 6.07) is 22.3. The molecule has 0 radical (unpaired) electrons. The molecule has 1 heterocycles. The predicted molar refractivity (Wildman–Crippen MR) is 126 cm³/mol. The Labute approximate surface area is 185 Å². The average molecular weight is 426 g/mol. The number of anilines is 1. The number of amides is 2. The van der Waals surface area contributed by atoms with Crippen molar-refractivity contribution in [1.29, 1.82) is 0 Å². The molecule has 0 aliphatic rings. The van der Waals surface area contributed by atoms with Gasteiger partial charge in [0.25, 0.3) is 5.91 Å². The molecular weight excluding hydrogens is 404 g/mol. The molecule has 0 saturated heterocycles. The molecule has 2 amide bonds. The molecule has 3 N–H and O–H groups in total. The second-order valence-electron chi connectivity index (χ2n) is 7.12. The predicted octanol–water partition coefficient (Wildman–Crippen LogP) is 4.57. The number of aromatic amines is 1. The van der Waals surface area contributed by atoms with Gasteiger partial charge in [-0.3, -0.25) is 9.59 Å². The molecule has 7 heteroatoms. The fraction of sp³-hybridized carbons (Fsp3) is 0.0800. The lowest BCUT2D eigenvalue weighted by molar-refractivity contribution is -0.114. The van der Waals surface area contributed by atoms with Gasteiger partial charge in [0.2, 0.25) is 5.91 Å². The van der Waals surface area contributed by atoms with Crippen molar-refractivity contribution in [2.75, 3.05) is 12.4 Å². The number of ether oxygens (including phenoxy) is 1. The lowest BCUT2D eigenvalue weighted by atomic mass is 10.1. The van der Waals surface area contributed by atoms with Crippen molar-refractivity contribution in [3.05, 3.63) is 83.9 Å². The zero-order valence-corrected chi connectivity index (χ0v) is 17.7. The highest BCUT2D eigenvalue weighted by Gasteiger charge is 2.15. The number of aromatic nitrogens is 1. The maximum absolute atomic E-state index is 12.6. The number of fused-ring (bicyclic) bond motifs is 1. The highest BCUT2D eigenvalue weighted by atomic mass is 16.5. The van der Waals surface area contributed by atoms with E-state index in [4.69, 9.17) is 4.74 Å². The molecule has 160 valence electrons. The summed E-state index contributed by atoms with van der Waals surface area (Å²) in [7, 11) is 1.63. The first-order chi connectivity index (χ1) is 15.6. The third kappa shape index (κ3) is 4.37. The van der Waals surface area contributed by atoms with Gasteiger partial charge < -0.3 is 15.0 Å². The summed E-state index contributed by atoms with van der Waals surface area (Å²) in [5.74, 6) is 0.133. The zero-order chi connectivity index (χ0) is 22.5. The Bertz CT molecular complexity index is 1310. The first-order valence-corrected chi connectivity index (χ1v) is 10.0. The number of hydrogen-bond donors (Lipinski definition) is 3. The summed E-state index contributed by atoms with van der Waals surface area (Å²) in [5, 5.41) is 7.79. The van der Waals surface area contributed by atoms with Crippen LogP contribution in [0, 0.1) is 0 Å². The molecule has 32 heavy (non-hydrogen) atoms. The fourth-order valence-electron chi connectivity index (χ4n) is 3.51. The molecular formula is C25H22N4O3. The molecule has 7 nitrogen and oxygen atoms in total. The number of para-hydroxylation sites is 1. The van der Waals surface area contributed by atoms with Gasteiger partial charge in [-0.1, -0.05) is 48.5 Å². The van der Waals surface area contributed by atoms with Crippen molar-refractivity contribution in [1.82, 2.24) is 10.4 Å². The fourth-order valence-corrected chi connectivity index (χ4v) is 3.51. The Morgan fingerprint density at radius 1 is 1.00 bits per heavy atom.